The van der Waals surface area contributed by atoms with E-state index >= 15 is 0 Å². The van der Waals surface area contributed by atoms with E-state index in [1.54, 1.807) is 24.3 Å². The van der Waals surface area contributed by atoms with Crippen LogP contribution in [-0.4, -0.2) is 31.0 Å². The van der Waals surface area contributed by atoms with Gasteiger partial charge in [0.25, 0.3) is 5.91 Å². The largest absolute Gasteiger partial charge is 0.494 e. The van der Waals surface area contributed by atoms with E-state index < -0.39 is 23.7 Å². The highest BCUT2D eigenvalue weighted by molar-refractivity contribution is 5.97. The normalized spacial score (nSPS) is 16.5. The smallest absolute Gasteiger partial charge is 0.416 e. The molecule has 0 bridgehead atoms. The van der Waals surface area contributed by atoms with Crippen molar-refractivity contribution in [1.29, 1.82) is 0 Å². The van der Waals surface area contributed by atoms with Crippen molar-refractivity contribution < 1.29 is 32.2 Å². The number of hydrogen-bond donors (Lipinski definition) is 2. The molecule has 1 aliphatic heterocycles. The van der Waals surface area contributed by atoms with Gasteiger partial charge in [-0.05, 0) is 55.8 Å². The molecular formula is C21H21F3N2O4. The minimum atomic E-state index is -4.61. The lowest BCUT2D eigenvalue weighted by Crippen LogP contribution is -2.45. The van der Waals surface area contributed by atoms with Crippen LogP contribution in [0.2, 0.25) is 0 Å². The van der Waals surface area contributed by atoms with E-state index in [0.29, 0.717) is 31.1 Å². The van der Waals surface area contributed by atoms with Gasteiger partial charge in [-0.2, -0.15) is 13.2 Å². The first-order valence-corrected chi connectivity index (χ1v) is 9.46. The summed E-state index contributed by atoms with van der Waals surface area (Å²) in [4.78, 5) is 24.3. The van der Waals surface area contributed by atoms with Gasteiger partial charge in [0, 0.05) is 19.0 Å². The minimum absolute atomic E-state index is 0.0232. The molecule has 1 saturated heterocycles. The van der Waals surface area contributed by atoms with Gasteiger partial charge in [-0.1, -0.05) is 0 Å². The SMILES string of the molecule is CCOc1ccc(Oc2ccc(C(F)(F)F)cc2C(=O)NC2CCNC(=O)C2)cc1. The Labute approximate surface area is 171 Å². The Balaban J connectivity index is 1.86. The van der Waals surface area contributed by atoms with Crippen LogP contribution >= 0.6 is 0 Å². The molecule has 1 aliphatic rings. The first-order chi connectivity index (χ1) is 14.3. The molecular weight excluding hydrogens is 401 g/mol. The van der Waals surface area contributed by atoms with Crippen LogP contribution in [0.5, 0.6) is 17.2 Å². The summed E-state index contributed by atoms with van der Waals surface area (Å²) in [7, 11) is 0. The van der Waals surface area contributed by atoms with Gasteiger partial charge < -0.3 is 20.1 Å². The summed E-state index contributed by atoms with van der Waals surface area (Å²) in [5, 5.41) is 5.27. The Bertz CT molecular complexity index is 913. The summed E-state index contributed by atoms with van der Waals surface area (Å²) >= 11 is 0. The van der Waals surface area contributed by atoms with Gasteiger partial charge in [0.1, 0.15) is 17.2 Å². The van der Waals surface area contributed by atoms with Gasteiger partial charge in [-0.25, -0.2) is 0 Å². The van der Waals surface area contributed by atoms with Gasteiger partial charge in [-0.3, -0.25) is 9.59 Å². The van der Waals surface area contributed by atoms with Crippen molar-refractivity contribution >= 4 is 11.8 Å². The van der Waals surface area contributed by atoms with Crippen LogP contribution in [-0.2, 0) is 11.0 Å². The fourth-order valence-corrected chi connectivity index (χ4v) is 3.04. The summed E-state index contributed by atoms with van der Waals surface area (Å²) in [5.74, 6) is -0.0248. The molecule has 6 nitrogen and oxygen atoms in total. The summed E-state index contributed by atoms with van der Waals surface area (Å²) in [6.07, 6.45) is -4.05. The van der Waals surface area contributed by atoms with Crippen LogP contribution < -0.4 is 20.1 Å². The molecule has 1 fully saturated rings. The Morgan fingerprint density at radius 3 is 2.50 bits per heavy atom. The zero-order valence-corrected chi connectivity index (χ0v) is 16.2. The van der Waals surface area contributed by atoms with Crippen LogP contribution in [0.1, 0.15) is 35.7 Å². The molecule has 0 radical (unpaired) electrons. The lowest BCUT2D eigenvalue weighted by Gasteiger charge is -2.23. The van der Waals surface area contributed by atoms with Gasteiger partial charge in [0.15, 0.2) is 0 Å². The number of rotatable bonds is 6. The van der Waals surface area contributed by atoms with E-state index in [-0.39, 0.29) is 23.6 Å². The maximum Gasteiger partial charge on any atom is 0.416 e. The molecule has 0 aromatic heterocycles. The van der Waals surface area contributed by atoms with Crippen LogP contribution in [0.3, 0.4) is 0 Å². The number of carbonyl (C=O) groups is 2. The van der Waals surface area contributed by atoms with Crippen molar-refractivity contribution in [3.63, 3.8) is 0 Å². The zero-order chi connectivity index (χ0) is 21.7. The number of piperidine rings is 1. The highest BCUT2D eigenvalue weighted by Crippen LogP contribution is 2.34. The van der Waals surface area contributed by atoms with Crippen LogP contribution in [0.15, 0.2) is 42.5 Å². The van der Waals surface area contributed by atoms with E-state index in [2.05, 4.69) is 10.6 Å². The second kappa shape index (κ2) is 9.06. The molecule has 2 aromatic rings. The van der Waals surface area contributed by atoms with E-state index in [1.807, 2.05) is 6.92 Å². The Hall–Kier alpha value is -3.23. The molecule has 2 amide bonds. The molecule has 1 unspecified atom stereocenters. The molecule has 3 rings (SSSR count). The number of benzene rings is 2. The molecule has 9 heteroatoms. The third-order valence-corrected chi connectivity index (χ3v) is 4.50. The highest BCUT2D eigenvalue weighted by atomic mass is 19.4. The fourth-order valence-electron chi connectivity index (χ4n) is 3.04. The maximum absolute atomic E-state index is 13.2. The first kappa shape index (κ1) is 21.5. The second-order valence-electron chi connectivity index (χ2n) is 6.73. The monoisotopic (exact) mass is 422 g/mol. The number of nitrogens with one attached hydrogen (secondary N) is 2. The van der Waals surface area contributed by atoms with Gasteiger partial charge in [-0.15, -0.1) is 0 Å². The predicted molar refractivity (Wildman–Crippen MR) is 103 cm³/mol. The van der Waals surface area contributed by atoms with E-state index in [9.17, 15) is 22.8 Å². The Morgan fingerprint density at radius 2 is 1.87 bits per heavy atom. The topological polar surface area (TPSA) is 76.7 Å². The van der Waals surface area contributed by atoms with Gasteiger partial charge in [0.05, 0.1) is 17.7 Å². The van der Waals surface area contributed by atoms with Crippen molar-refractivity contribution in [1.82, 2.24) is 10.6 Å². The van der Waals surface area contributed by atoms with Crippen molar-refractivity contribution in [3.05, 3.63) is 53.6 Å². The second-order valence-corrected chi connectivity index (χ2v) is 6.73. The molecule has 30 heavy (non-hydrogen) atoms. The van der Waals surface area contributed by atoms with Gasteiger partial charge >= 0.3 is 6.18 Å². The zero-order valence-electron chi connectivity index (χ0n) is 16.2. The number of hydrogen-bond acceptors (Lipinski definition) is 4. The quantitative estimate of drug-likeness (QED) is 0.740. The van der Waals surface area contributed by atoms with Crippen LogP contribution in [0.4, 0.5) is 13.2 Å². The number of carbonyl (C=O) groups excluding carboxylic acids is 2. The number of amides is 2. The molecule has 2 aromatic carbocycles. The minimum Gasteiger partial charge on any atom is -0.494 e. The molecule has 160 valence electrons. The van der Waals surface area contributed by atoms with Crippen molar-refractivity contribution in [2.75, 3.05) is 13.2 Å². The standard InChI is InChI=1S/C21H21F3N2O4/c1-2-29-15-4-6-16(7-5-15)30-18-8-3-13(21(22,23)24)11-17(18)20(28)26-14-9-10-25-19(27)12-14/h3-8,11,14H,2,9-10,12H2,1H3,(H,25,27)(H,26,28). The predicted octanol–water partition coefficient (Wildman–Crippen LogP) is 3.90. The Kier molecular flexibility index (Phi) is 6.49. The first-order valence-electron chi connectivity index (χ1n) is 9.46. The lowest BCUT2D eigenvalue weighted by atomic mass is 10.0. The van der Waals surface area contributed by atoms with E-state index in [1.165, 1.54) is 0 Å². The summed E-state index contributed by atoms with van der Waals surface area (Å²) < 4.78 is 50.6. The average molecular weight is 422 g/mol. The van der Waals surface area contributed by atoms with Crippen LogP contribution in [0.25, 0.3) is 0 Å². The molecule has 0 spiro atoms. The third kappa shape index (κ3) is 5.43. The number of alkyl halides is 3. The molecule has 1 atom stereocenters. The van der Waals surface area contributed by atoms with Crippen molar-refractivity contribution in [2.24, 2.45) is 0 Å². The number of halogens is 3. The average Bonchev–Trinajstić information content (AvgIpc) is 2.69. The summed E-state index contributed by atoms with van der Waals surface area (Å²) in [5.41, 5.74) is -1.22. The van der Waals surface area contributed by atoms with Crippen molar-refractivity contribution in [2.45, 2.75) is 32.0 Å². The van der Waals surface area contributed by atoms with Gasteiger partial charge in [0.2, 0.25) is 5.91 Å². The van der Waals surface area contributed by atoms with E-state index in [0.717, 1.165) is 18.2 Å². The van der Waals surface area contributed by atoms with E-state index in [4.69, 9.17) is 9.47 Å². The third-order valence-electron chi connectivity index (χ3n) is 4.50. The van der Waals surface area contributed by atoms with Crippen molar-refractivity contribution in [3.8, 4) is 17.2 Å². The number of ether oxygens (including phenoxy) is 2. The molecule has 0 saturated carbocycles. The Morgan fingerprint density at radius 1 is 1.17 bits per heavy atom. The molecule has 2 N–H and O–H groups in total. The molecule has 1 heterocycles. The maximum atomic E-state index is 13.2. The summed E-state index contributed by atoms with van der Waals surface area (Å²) in [6, 6.07) is 8.76. The fraction of sp³-hybridized carbons (Fsp3) is 0.333. The summed E-state index contributed by atoms with van der Waals surface area (Å²) in [6.45, 7) is 2.72. The molecule has 0 aliphatic carbocycles. The van der Waals surface area contributed by atoms with Crippen LogP contribution in [0, 0.1) is 0 Å². The highest BCUT2D eigenvalue weighted by Gasteiger charge is 2.32. The lowest BCUT2D eigenvalue weighted by molar-refractivity contribution is -0.137.